The second kappa shape index (κ2) is 9.37. The van der Waals surface area contributed by atoms with Crippen molar-refractivity contribution in [1.82, 2.24) is 0 Å². The molecule has 0 saturated carbocycles. The lowest BCUT2D eigenvalue weighted by Crippen LogP contribution is -2.16. The summed E-state index contributed by atoms with van der Waals surface area (Å²) in [6.45, 7) is 5.53. The Bertz CT molecular complexity index is 1030. The first-order valence-electron chi connectivity index (χ1n) is 8.65. The summed E-state index contributed by atoms with van der Waals surface area (Å²) in [6.07, 6.45) is 1.33. The van der Waals surface area contributed by atoms with Crippen LogP contribution in [0, 0.1) is 11.3 Å². The van der Waals surface area contributed by atoms with Gasteiger partial charge in [0.2, 0.25) is 0 Å². The van der Waals surface area contributed by atoms with Crippen LogP contribution in [0.4, 0.5) is 0 Å². The number of nitriles is 1. The fraction of sp³-hybridized carbons (Fsp3) is 0.300. The molecule has 0 amide bonds. The maximum Gasteiger partial charge on any atom is 0.351 e. The molecule has 8 nitrogen and oxygen atoms in total. The van der Waals surface area contributed by atoms with Crippen LogP contribution < -0.4 is 10.4 Å². The van der Waals surface area contributed by atoms with E-state index in [0.717, 1.165) is 0 Å². The highest BCUT2D eigenvalue weighted by molar-refractivity contribution is 5.99. The molecule has 0 unspecified atom stereocenters. The summed E-state index contributed by atoms with van der Waals surface area (Å²) in [4.78, 5) is 35.9. The summed E-state index contributed by atoms with van der Waals surface area (Å²) in [5, 5.41) is 9.59. The topological polar surface area (TPSA) is 116 Å². The van der Waals surface area contributed by atoms with Crippen molar-refractivity contribution in [2.75, 3.05) is 19.8 Å². The zero-order chi connectivity index (χ0) is 20.7. The quantitative estimate of drug-likeness (QED) is 0.309. The summed E-state index contributed by atoms with van der Waals surface area (Å²) in [5.74, 6) is -1.32. The molecular formula is C20H19NO7. The van der Waals surface area contributed by atoms with E-state index >= 15 is 0 Å². The van der Waals surface area contributed by atoms with Crippen LogP contribution in [0.15, 0.2) is 33.0 Å². The third kappa shape index (κ3) is 4.57. The molecule has 0 aliphatic rings. The number of rotatable bonds is 7. The molecule has 1 aromatic heterocycles. The Hall–Kier alpha value is -3.60. The van der Waals surface area contributed by atoms with Crippen LogP contribution in [0.3, 0.4) is 0 Å². The molecule has 2 rings (SSSR count). The van der Waals surface area contributed by atoms with Crippen molar-refractivity contribution in [3.8, 4) is 11.8 Å². The fourth-order valence-corrected chi connectivity index (χ4v) is 2.43. The molecule has 0 N–H and O–H groups in total. The largest absolute Gasteiger partial charge is 0.490 e. The highest BCUT2D eigenvalue weighted by atomic mass is 16.5. The molecule has 1 aromatic carbocycles. The van der Waals surface area contributed by atoms with E-state index in [1.807, 2.05) is 0 Å². The van der Waals surface area contributed by atoms with Gasteiger partial charge in [0.1, 0.15) is 17.2 Å². The number of carbonyl (C=O) groups is 2. The minimum atomic E-state index is -0.848. The van der Waals surface area contributed by atoms with E-state index in [9.17, 15) is 19.6 Å². The van der Waals surface area contributed by atoms with E-state index in [0.29, 0.717) is 10.9 Å². The molecule has 0 aliphatic heterocycles. The monoisotopic (exact) mass is 385 g/mol. The predicted molar refractivity (Wildman–Crippen MR) is 99.8 cm³/mol. The lowest BCUT2D eigenvalue weighted by Gasteiger charge is -2.09. The zero-order valence-electron chi connectivity index (χ0n) is 15.7. The first-order valence-corrected chi connectivity index (χ1v) is 8.65. The molecule has 0 bridgehead atoms. The normalized spacial score (nSPS) is 11.0. The molecule has 28 heavy (non-hydrogen) atoms. The van der Waals surface area contributed by atoms with Crippen molar-refractivity contribution in [3.63, 3.8) is 0 Å². The Morgan fingerprint density at radius 2 is 1.82 bits per heavy atom. The summed E-state index contributed by atoms with van der Waals surface area (Å²) in [5.41, 5.74) is -0.731. The van der Waals surface area contributed by atoms with Crippen molar-refractivity contribution in [2.45, 2.75) is 20.8 Å². The van der Waals surface area contributed by atoms with Gasteiger partial charge in [-0.05, 0) is 50.6 Å². The van der Waals surface area contributed by atoms with E-state index < -0.39 is 17.6 Å². The zero-order valence-corrected chi connectivity index (χ0v) is 15.7. The van der Waals surface area contributed by atoms with Crippen LogP contribution in [-0.2, 0) is 14.3 Å². The molecule has 146 valence electrons. The van der Waals surface area contributed by atoms with Crippen LogP contribution in [0.25, 0.3) is 17.0 Å². The van der Waals surface area contributed by atoms with Crippen molar-refractivity contribution >= 4 is 29.0 Å². The molecular weight excluding hydrogens is 366 g/mol. The number of fused-ring (bicyclic) bond motifs is 1. The molecule has 0 fully saturated rings. The van der Waals surface area contributed by atoms with Gasteiger partial charge in [-0.3, -0.25) is 0 Å². The highest BCUT2D eigenvalue weighted by Crippen LogP contribution is 2.29. The Balaban J connectivity index is 2.67. The smallest absolute Gasteiger partial charge is 0.351 e. The lowest BCUT2D eigenvalue weighted by molar-refractivity contribution is -0.137. The maximum atomic E-state index is 12.1. The number of hydrogen-bond donors (Lipinski definition) is 0. The SMILES string of the molecule is CCOC(=O)/C(C#N)=C/c1cc(OCC)c2oc(=O)c(C(=O)OCC)cc2c1. The van der Waals surface area contributed by atoms with Gasteiger partial charge in [-0.25, -0.2) is 14.4 Å². The van der Waals surface area contributed by atoms with Gasteiger partial charge in [0.15, 0.2) is 11.3 Å². The van der Waals surface area contributed by atoms with Gasteiger partial charge < -0.3 is 18.6 Å². The third-order valence-corrected chi connectivity index (χ3v) is 3.54. The molecule has 8 heteroatoms. The summed E-state index contributed by atoms with van der Waals surface area (Å²) in [6, 6.07) is 6.20. The Labute approximate surface area is 160 Å². The minimum absolute atomic E-state index is 0.106. The average molecular weight is 385 g/mol. The number of benzene rings is 1. The number of carbonyl (C=O) groups excluding carboxylic acids is 2. The van der Waals surface area contributed by atoms with Crippen molar-refractivity contribution in [2.24, 2.45) is 0 Å². The molecule has 0 atom stereocenters. The maximum absolute atomic E-state index is 12.1. The van der Waals surface area contributed by atoms with Crippen LogP contribution in [-0.4, -0.2) is 31.8 Å². The second-order valence-corrected chi connectivity index (χ2v) is 5.43. The molecule has 1 heterocycles. The number of ether oxygens (including phenoxy) is 3. The highest BCUT2D eigenvalue weighted by Gasteiger charge is 2.18. The molecule has 0 radical (unpaired) electrons. The van der Waals surface area contributed by atoms with Crippen molar-refractivity contribution in [1.29, 1.82) is 5.26 Å². The summed E-state index contributed by atoms with van der Waals surface area (Å²) < 4.78 is 20.5. The van der Waals surface area contributed by atoms with Crippen LogP contribution >= 0.6 is 0 Å². The molecule has 0 saturated heterocycles. The van der Waals surface area contributed by atoms with Gasteiger partial charge in [-0.15, -0.1) is 0 Å². The second-order valence-electron chi connectivity index (χ2n) is 5.43. The molecule has 2 aromatic rings. The lowest BCUT2D eigenvalue weighted by atomic mass is 10.1. The summed E-state index contributed by atoms with van der Waals surface area (Å²) >= 11 is 0. The van der Waals surface area contributed by atoms with E-state index in [2.05, 4.69) is 0 Å². The van der Waals surface area contributed by atoms with Crippen LogP contribution in [0.1, 0.15) is 36.7 Å². The van der Waals surface area contributed by atoms with Gasteiger partial charge in [0.05, 0.1) is 19.8 Å². The Morgan fingerprint density at radius 3 is 2.43 bits per heavy atom. The van der Waals surface area contributed by atoms with E-state index in [4.69, 9.17) is 18.6 Å². The van der Waals surface area contributed by atoms with Gasteiger partial charge in [0.25, 0.3) is 0 Å². The standard InChI is InChI=1S/C20H19NO7/c1-4-25-16-9-12(8-14(11-21)18(22)26-5-2)7-13-10-15(19(23)27-6-3)20(24)28-17(13)16/h7-10H,4-6H2,1-3H3/b14-8+. The van der Waals surface area contributed by atoms with Gasteiger partial charge in [-0.2, -0.15) is 5.26 Å². The number of hydrogen-bond acceptors (Lipinski definition) is 8. The first kappa shape index (κ1) is 20.7. The van der Waals surface area contributed by atoms with E-state index in [1.54, 1.807) is 32.9 Å². The molecule has 0 aliphatic carbocycles. The number of esters is 2. The van der Waals surface area contributed by atoms with Crippen molar-refractivity contribution < 1.29 is 28.2 Å². The number of nitrogens with zero attached hydrogens (tertiary/aromatic N) is 1. The first-order chi connectivity index (χ1) is 13.4. The minimum Gasteiger partial charge on any atom is -0.490 e. The summed E-state index contributed by atoms with van der Waals surface area (Å²) in [7, 11) is 0. The third-order valence-electron chi connectivity index (χ3n) is 3.54. The predicted octanol–water partition coefficient (Wildman–Crippen LogP) is 2.84. The average Bonchev–Trinajstić information content (AvgIpc) is 2.66. The van der Waals surface area contributed by atoms with Crippen molar-refractivity contribution in [3.05, 3.63) is 45.3 Å². The van der Waals surface area contributed by atoms with Crippen LogP contribution in [0.5, 0.6) is 5.75 Å². The fourth-order valence-electron chi connectivity index (χ4n) is 2.43. The van der Waals surface area contributed by atoms with Gasteiger partial charge in [0, 0.05) is 5.39 Å². The van der Waals surface area contributed by atoms with Gasteiger partial charge in [-0.1, -0.05) is 0 Å². The molecule has 0 spiro atoms. The Kier molecular flexibility index (Phi) is 6.93. The van der Waals surface area contributed by atoms with Gasteiger partial charge >= 0.3 is 17.6 Å². The van der Waals surface area contributed by atoms with Crippen LogP contribution in [0.2, 0.25) is 0 Å². The van der Waals surface area contributed by atoms with E-state index in [-0.39, 0.29) is 42.3 Å². The Morgan fingerprint density at radius 1 is 1.11 bits per heavy atom. The van der Waals surface area contributed by atoms with E-state index in [1.165, 1.54) is 18.2 Å².